The van der Waals surface area contributed by atoms with E-state index >= 15 is 0 Å². The lowest BCUT2D eigenvalue weighted by Gasteiger charge is -2.35. The molecule has 0 unspecified atom stereocenters. The van der Waals surface area contributed by atoms with Crippen molar-refractivity contribution in [2.75, 3.05) is 0 Å². The maximum atomic E-state index is 12.2. The molecule has 1 aromatic rings. The third-order valence-corrected chi connectivity index (χ3v) is 5.61. The van der Waals surface area contributed by atoms with E-state index in [-0.39, 0.29) is 4.90 Å². The molecular formula is C12H13BrN2O2S. The number of halogens is 1. The number of hydrogen-bond donors (Lipinski definition) is 1. The van der Waals surface area contributed by atoms with Crippen molar-refractivity contribution in [1.29, 1.82) is 5.26 Å². The average Bonchev–Trinajstić information content (AvgIpc) is 2.27. The molecular weight excluding hydrogens is 316 g/mol. The molecule has 1 fully saturated rings. The Hall–Kier alpha value is -0.900. The SMILES string of the molecule is Cc1cc(S(=O)(=O)NC2(C#N)CCC2)ccc1Br. The second-order valence-electron chi connectivity index (χ2n) is 4.56. The molecule has 0 aliphatic heterocycles. The molecule has 18 heavy (non-hydrogen) atoms. The second kappa shape index (κ2) is 4.65. The highest BCUT2D eigenvalue weighted by atomic mass is 79.9. The van der Waals surface area contributed by atoms with E-state index in [1.165, 1.54) is 6.07 Å². The van der Waals surface area contributed by atoms with Gasteiger partial charge in [-0.1, -0.05) is 15.9 Å². The first kappa shape index (κ1) is 13.5. The van der Waals surface area contributed by atoms with Gasteiger partial charge in [0.25, 0.3) is 0 Å². The Labute approximate surface area is 115 Å². The van der Waals surface area contributed by atoms with E-state index in [0.717, 1.165) is 16.5 Å². The summed E-state index contributed by atoms with van der Waals surface area (Å²) < 4.78 is 27.7. The molecule has 96 valence electrons. The van der Waals surface area contributed by atoms with Gasteiger partial charge in [0.1, 0.15) is 5.54 Å². The van der Waals surface area contributed by atoms with Crippen molar-refractivity contribution < 1.29 is 8.42 Å². The first-order valence-corrected chi connectivity index (χ1v) is 7.88. The summed E-state index contributed by atoms with van der Waals surface area (Å²) in [7, 11) is -3.62. The van der Waals surface area contributed by atoms with Gasteiger partial charge in [0, 0.05) is 4.47 Å². The highest BCUT2D eigenvalue weighted by Crippen LogP contribution is 2.33. The zero-order valence-electron chi connectivity index (χ0n) is 9.90. The maximum absolute atomic E-state index is 12.2. The summed E-state index contributed by atoms with van der Waals surface area (Å²) in [5.74, 6) is 0. The van der Waals surface area contributed by atoms with Crippen LogP contribution in [0.3, 0.4) is 0 Å². The molecule has 0 amide bonds. The first-order chi connectivity index (χ1) is 8.38. The van der Waals surface area contributed by atoms with Gasteiger partial charge in [-0.15, -0.1) is 0 Å². The molecule has 6 heteroatoms. The van der Waals surface area contributed by atoms with Crippen LogP contribution in [0.2, 0.25) is 0 Å². The fraction of sp³-hybridized carbons (Fsp3) is 0.417. The van der Waals surface area contributed by atoms with Crippen LogP contribution in [0.4, 0.5) is 0 Å². The van der Waals surface area contributed by atoms with Crippen molar-refractivity contribution in [2.45, 2.75) is 36.6 Å². The van der Waals surface area contributed by atoms with Crippen LogP contribution in [0, 0.1) is 18.3 Å². The Bertz CT molecular complexity index is 615. The normalized spacial score (nSPS) is 17.8. The van der Waals surface area contributed by atoms with Crippen molar-refractivity contribution in [3.05, 3.63) is 28.2 Å². The highest BCUT2D eigenvalue weighted by Gasteiger charge is 2.41. The van der Waals surface area contributed by atoms with E-state index in [9.17, 15) is 8.42 Å². The molecule has 0 atom stereocenters. The number of sulfonamides is 1. The van der Waals surface area contributed by atoms with Gasteiger partial charge in [0.15, 0.2) is 0 Å². The lowest BCUT2D eigenvalue weighted by Crippen LogP contribution is -2.52. The lowest BCUT2D eigenvalue weighted by molar-refractivity contribution is 0.296. The molecule has 0 spiro atoms. The Morgan fingerprint density at radius 2 is 2.11 bits per heavy atom. The molecule has 1 saturated carbocycles. The van der Waals surface area contributed by atoms with Crippen molar-refractivity contribution in [3.63, 3.8) is 0 Å². The minimum atomic E-state index is -3.62. The topological polar surface area (TPSA) is 70.0 Å². The minimum absolute atomic E-state index is 0.199. The molecule has 1 aromatic carbocycles. The molecule has 1 aliphatic rings. The predicted octanol–water partition coefficient (Wildman–Crippen LogP) is 2.48. The van der Waals surface area contributed by atoms with Gasteiger partial charge in [-0.2, -0.15) is 9.98 Å². The third-order valence-electron chi connectivity index (χ3n) is 3.19. The quantitative estimate of drug-likeness (QED) is 0.926. The monoisotopic (exact) mass is 328 g/mol. The van der Waals surface area contributed by atoms with Gasteiger partial charge in [-0.25, -0.2) is 8.42 Å². The zero-order valence-corrected chi connectivity index (χ0v) is 12.3. The van der Waals surface area contributed by atoms with Crippen molar-refractivity contribution in [1.82, 2.24) is 4.72 Å². The Morgan fingerprint density at radius 3 is 2.56 bits per heavy atom. The van der Waals surface area contributed by atoms with Crippen molar-refractivity contribution in [2.24, 2.45) is 0 Å². The standard InChI is InChI=1S/C12H13BrN2O2S/c1-9-7-10(3-4-11(9)13)18(16,17)15-12(8-14)5-2-6-12/h3-4,7,15H,2,5-6H2,1H3. The van der Waals surface area contributed by atoms with Crippen LogP contribution in [0.15, 0.2) is 27.6 Å². The van der Waals surface area contributed by atoms with Crippen LogP contribution >= 0.6 is 15.9 Å². The number of nitrogens with zero attached hydrogens (tertiary/aromatic N) is 1. The summed E-state index contributed by atoms with van der Waals surface area (Å²) in [6.07, 6.45) is 2.05. The van der Waals surface area contributed by atoms with Crippen LogP contribution in [0.5, 0.6) is 0 Å². The summed E-state index contributed by atoms with van der Waals surface area (Å²) in [5, 5.41) is 9.06. The summed E-state index contributed by atoms with van der Waals surface area (Å²) in [6.45, 7) is 1.83. The summed E-state index contributed by atoms with van der Waals surface area (Å²) in [6, 6.07) is 6.89. The summed E-state index contributed by atoms with van der Waals surface area (Å²) in [4.78, 5) is 0.199. The van der Waals surface area contributed by atoms with Gasteiger partial charge >= 0.3 is 0 Å². The average molecular weight is 329 g/mol. The summed E-state index contributed by atoms with van der Waals surface area (Å²) in [5.41, 5.74) is -0.0581. The van der Waals surface area contributed by atoms with Crippen LogP contribution in [0.1, 0.15) is 24.8 Å². The molecule has 0 heterocycles. The molecule has 2 rings (SSSR count). The van der Waals surface area contributed by atoms with E-state index in [0.29, 0.717) is 12.8 Å². The van der Waals surface area contributed by atoms with E-state index in [1.54, 1.807) is 12.1 Å². The second-order valence-corrected chi connectivity index (χ2v) is 7.10. The van der Waals surface area contributed by atoms with E-state index in [1.807, 2.05) is 6.92 Å². The highest BCUT2D eigenvalue weighted by molar-refractivity contribution is 9.10. The number of benzene rings is 1. The number of hydrogen-bond acceptors (Lipinski definition) is 3. The molecule has 0 saturated heterocycles. The largest absolute Gasteiger partial charge is 0.241 e. The molecule has 0 radical (unpaired) electrons. The van der Waals surface area contributed by atoms with Crippen LogP contribution in [-0.4, -0.2) is 14.0 Å². The minimum Gasteiger partial charge on any atom is -0.207 e. The van der Waals surface area contributed by atoms with Gasteiger partial charge in [0.2, 0.25) is 10.0 Å². The smallest absolute Gasteiger partial charge is 0.207 e. The number of nitrogens with one attached hydrogen (secondary N) is 1. The molecule has 0 bridgehead atoms. The van der Waals surface area contributed by atoms with Crippen LogP contribution < -0.4 is 4.72 Å². The van der Waals surface area contributed by atoms with Crippen LogP contribution in [0.25, 0.3) is 0 Å². The number of rotatable bonds is 3. The van der Waals surface area contributed by atoms with Gasteiger partial charge in [-0.05, 0) is 49.9 Å². The first-order valence-electron chi connectivity index (χ1n) is 5.60. The molecule has 0 aromatic heterocycles. The van der Waals surface area contributed by atoms with Gasteiger partial charge < -0.3 is 0 Å². The fourth-order valence-corrected chi connectivity index (χ4v) is 3.58. The molecule has 4 nitrogen and oxygen atoms in total. The zero-order chi connectivity index (χ0) is 13.4. The molecule has 1 aliphatic carbocycles. The van der Waals surface area contributed by atoms with Crippen LogP contribution in [-0.2, 0) is 10.0 Å². The fourth-order valence-electron chi connectivity index (χ4n) is 1.87. The van der Waals surface area contributed by atoms with Gasteiger partial charge in [0.05, 0.1) is 11.0 Å². The third kappa shape index (κ3) is 2.44. The Balaban J connectivity index is 2.31. The Morgan fingerprint density at radius 1 is 1.44 bits per heavy atom. The maximum Gasteiger partial charge on any atom is 0.241 e. The number of aryl methyl sites for hydroxylation is 1. The van der Waals surface area contributed by atoms with E-state index in [4.69, 9.17) is 5.26 Å². The Kier molecular flexibility index (Phi) is 3.49. The molecule has 1 N–H and O–H groups in total. The number of nitriles is 1. The predicted molar refractivity (Wildman–Crippen MR) is 71.4 cm³/mol. The van der Waals surface area contributed by atoms with E-state index < -0.39 is 15.6 Å². The lowest BCUT2D eigenvalue weighted by atomic mass is 9.79. The summed E-state index contributed by atoms with van der Waals surface area (Å²) >= 11 is 3.33. The van der Waals surface area contributed by atoms with Crippen molar-refractivity contribution in [3.8, 4) is 6.07 Å². The van der Waals surface area contributed by atoms with E-state index in [2.05, 4.69) is 26.7 Å². The van der Waals surface area contributed by atoms with Crippen molar-refractivity contribution >= 4 is 26.0 Å². The van der Waals surface area contributed by atoms with Gasteiger partial charge in [-0.3, -0.25) is 0 Å².